The fourth-order valence-electron chi connectivity index (χ4n) is 2.17. The van der Waals surface area contributed by atoms with Crippen molar-refractivity contribution >= 4 is 29.2 Å². The molecule has 0 saturated heterocycles. The van der Waals surface area contributed by atoms with Crippen LogP contribution < -0.4 is 5.32 Å². The van der Waals surface area contributed by atoms with Gasteiger partial charge in [-0.15, -0.1) is 10.2 Å². The van der Waals surface area contributed by atoms with Crippen LogP contribution in [-0.4, -0.2) is 38.7 Å². The number of carbonyl (C=O) groups is 2. The van der Waals surface area contributed by atoms with Gasteiger partial charge in [-0.2, -0.15) is 4.80 Å². The van der Waals surface area contributed by atoms with Crippen molar-refractivity contribution in [2.45, 2.75) is 13.5 Å². The lowest BCUT2D eigenvalue weighted by molar-refractivity contribution is -0.148. The van der Waals surface area contributed by atoms with Crippen molar-refractivity contribution in [1.82, 2.24) is 20.2 Å². The van der Waals surface area contributed by atoms with Gasteiger partial charge >= 0.3 is 5.97 Å². The van der Waals surface area contributed by atoms with E-state index >= 15 is 0 Å². The van der Waals surface area contributed by atoms with Crippen LogP contribution in [0, 0.1) is 6.92 Å². The number of hydrogen-bond acceptors (Lipinski definition) is 6. The summed E-state index contributed by atoms with van der Waals surface area (Å²) in [4.78, 5) is 24.8. The summed E-state index contributed by atoms with van der Waals surface area (Å²) in [5.41, 5.74) is 2.47. The second-order valence-electron chi connectivity index (χ2n) is 5.73. The van der Waals surface area contributed by atoms with Gasteiger partial charge in [0.05, 0.1) is 0 Å². The van der Waals surface area contributed by atoms with E-state index in [0.717, 1.165) is 15.9 Å². The van der Waals surface area contributed by atoms with Crippen molar-refractivity contribution in [2.24, 2.45) is 0 Å². The van der Waals surface area contributed by atoms with E-state index in [1.807, 2.05) is 31.2 Å². The SMILES string of the molecule is Cc1ccc(-c2nnn(CC(=O)OCC(=O)Nc3ccc(Cl)cc3)n2)cc1. The largest absolute Gasteiger partial charge is 0.454 e. The summed E-state index contributed by atoms with van der Waals surface area (Å²) in [6, 6.07) is 14.2. The van der Waals surface area contributed by atoms with Crippen molar-refractivity contribution < 1.29 is 14.3 Å². The summed E-state index contributed by atoms with van der Waals surface area (Å²) in [5.74, 6) is -0.699. The fraction of sp³-hybridized carbons (Fsp3) is 0.167. The standard InChI is InChI=1S/C18H16ClN5O3/c1-12-2-4-13(5-3-12)18-21-23-24(22-18)10-17(26)27-11-16(25)20-15-8-6-14(19)7-9-15/h2-9H,10-11H2,1H3,(H,20,25). The van der Waals surface area contributed by atoms with Crippen LogP contribution in [0.4, 0.5) is 5.69 Å². The minimum absolute atomic E-state index is 0.243. The predicted octanol–water partition coefficient (Wildman–Crippen LogP) is 2.48. The number of amides is 1. The molecule has 0 aliphatic carbocycles. The smallest absolute Gasteiger partial charge is 0.330 e. The lowest BCUT2D eigenvalue weighted by Crippen LogP contribution is -2.23. The zero-order chi connectivity index (χ0) is 19.2. The van der Waals surface area contributed by atoms with Crippen LogP contribution in [-0.2, 0) is 20.9 Å². The molecule has 0 aliphatic rings. The summed E-state index contributed by atoms with van der Waals surface area (Å²) < 4.78 is 4.93. The first-order valence-corrected chi connectivity index (χ1v) is 8.43. The van der Waals surface area contributed by atoms with Crippen LogP contribution in [0.2, 0.25) is 5.02 Å². The van der Waals surface area contributed by atoms with E-state index in [2.05, 4.69) is 20.7 Å². The molecule has 1 aromatic heterocycles. The highest BCUT2D eigenvalue weighted by Gasteiger charge is 2.12. The molecule has 0 bridgehead atoms. The topological polar surface area (TPSA) is 99.0 Å². The number of hydrogen-bond donors (Lipinski definition) is 1. The first kappa shape index (κ1) is 18.5. The van der Waals surface area contributed by atoms with Crippen molar-refractivity contribution in [1.29, 1.82) is 0 Å². The van der Waals surface area contributed by atoms with Crippen molar-refractivity contribution in [3.05, 3.63) is 59.1 Å². The molecule has 1 heterocycles. The zero-order valence-electron chi connectivity index (χ0n) is 14.4. The fourth-order valence-corrected chi connectivity index (χ4v) is 2.29. The molecule has 0 aliphatic heterocycles. The van der Waals surface area contributed by atoms with E-state index < -0.39 is 18.5 Å². The van der Waals surface area contributed by atoms with Crippen LogP contribution >= 0.6 is 11.6 Å². The molecule has 8 nitrogen and oxygen atoms in total. The Morgan fingerprint density at radius 2 is 1.81 bits per heavy atom. The molecule has 9 heteroatoms. The Bertz CT molecular complexity index is 938. The number of rotatable bonds is 6. The van der Waals surface area contributed by atoms with E-state index in [4.69, 9.17) is 16.3 Å². The zero-order valence-corrected chi connectivity index (χ0v) is 15.2. The molecule has 0 unspecified atom stereocenters. The lowest BCUT2D eigenvalue weighted by atomic mass is 10.1. The van der Waals surface area contributed by atoms with Crippen molar-refractivity contribution in [3.8, 4) is 11.4 Å². The molecule has 0 atom stereocenters. The number of aromatic nitrogens is 4. The quantitative estimate of drug-likeness (QED) is 0.654. The highest BCUT2D eigenvalue weighted by molar-refractivity contribution is 6.30. The Labute approximate surface area is 160 Å². The van der Waals surface area contributed by atoms with Gasteiger partial charge in [0.1, 0.15) is 0 Å². The first-order chi connectivity index (χ1) is 13.0. The van der Waals surface area contributed by atoms with Gasteiger partial charge in [0.15, 0.2) is 13.2 Å². The third kappa shape index (κ3) is 5.35. The molecule has 27 heavy (non-hydrogen) atoms. The van der Waals surface area contributed by atoms with E-state index in [1.165, 1.54) is 0 Å². The normalized spacial score (nSPS) is 10.4. The molecule has 3 rings (SSSR count). The number of benzene rings is 2. The maximum Gasteiger partial charge on any atom is 0.330 e. The predicted molar refractivity (Wildman–Crippen MR) is 99.0 cm³/mol. The molecule has 0 radical (unpaired) electrons. The molecule has 2 aromatic carbocycles. The molecule has 1 amide bonds. The highest BCUT2D eigenvalue weighted by atomic mass is 35.5. The van der Waals surface area contributed by atoms with Crippen LogP contribution in [0.5, 0.6) is 0 Å². The summed E-state index contributed by atoms with van der Waals surface area (Å²) in [7, 11) is 0. The molecule has 138 valence electrons. The Balaban J connectivity index is 1.48. The van der Waals surface area contributed by atoms with Crippen molar-refractivity contribution in [2.75, 3.05) is 11.9 Å². The molecule has 1 N–H and O–H groups in total. The van der Waals surface area contributed by atoms with E-state index in [-0.39, 0.29) is 6.54 Å². The Morgan fingerprint density at radius 3 is 2.52 bits per heavy atom. The second-order valence-corrected chi connectivity index (χ2v) is 6.16. The summed E-state index contributed by atoms with van der Waals surface area (Å²) >= 11 is 5.77. The number of aryl methyl sites for hydroxylation is 1. The van der Waals surface area contributed by atoms with Crippen LogP contribution in [0.3, 0.4) is 0 Å². The van der Waals surface area contributed by atoms with Gasteiger partial charge < -0.3 is 10.1 Å². The summed E-state index contributed by atoms with van der Waals surface area (Å²) in [5, 5.41) is 15.0. The van der Waals surface area contributed by atoms with Crippen LogP contribution in [0.15, 0.2) is 48.5 Å². The average molecular weight is 386 g/mol. The maximum absolute atomic E-state index is 11.9. The second kappa shape index (κ2) is 8.41. The number of anilines is 1. The number of halogens is 1. The molecular weight excluding hydrogens is 370 g/mol. The highest BCUT2D eigenvalue weighted by Crippen LogP contribution is 2.14. The van der Waals surface area contributed by atoms with Gasteiger partial charge in [-0.05, 0) is 36.4 Å². The van der Waals surface area contributed by atoms with Gasteiger partial charge in [-0.3, -0.25) is 4.79 Å². The summed E-state index contributed by atoms with van der Waals surface area (Å²) in [6.45, 7) is 1.32. The van der Waals surface area contributed by atoms with E-state index in [0.29, 0.717) is 16.5 Å². The minimum atomic E-state index is -0.644. The van der Waals surface area contributed by atoms with Gasteiger partial charge in [-0.1, -0.05) is 41.4 Å². The molecular formula is C18H16ClN5O3. The Morgan fingerprint density at radius 1 is 1.11 bits per heavy atom. The average Bonchev–Trinajstić information content (AvgIpc) is 3.11. The van der Waals surface area contributed by atoms with Gasteiger partial charge in [0, 0.05) is 16.3 Å². The third-order valence-electron chi connectivity index (χ3n) is 3.53. The third-order valence-corrected chi connectivity index (χ3v) is 3.78. The van der Waals surface area contributed by atoms with Gasteiger partial charge in [-0.25, -0.2) is 4.79 Å². The van der Waals surface area contributed by atoms with Gasteiger partial charge in [0.25, 0.3) is 5.91 Å². The van der Waals surface area contributed by atoms with Crippen LogP contribution in [0.25, 0.3) is 11.4 Å². The maximum atomic E-state index is 11.9. The summed E-state index contributed by atoms with van der Waals surface area (Å²) in [6.07, 6.45) is 0. The van der Waals surface area contributed by atoms with E-state index in [9.17, 15) is 9.59 Å². The number of carbonyl (C=O) groups excluding carboxylic acids is 2. The molecule has 0 fully saturated rings. The van der Waals surface area contributed by atoms with E-state index in [1.54, 1.807) is 24.3 Å². The monoisotopic (exact) mass is 385 g/mol. The number of tetrazole rings is 1. The number of esters is 1. The molecule has 3 aromatic rings. The number of ether oxygens (including phenoxy) is 1. The van der Waals surface area contributed by atoms with Crippen molar-refractivity contribution in [3.63, 3.8) is 0 Å². The van der Waals surface area contributed by atoms with Gasteiger partial charge in [0.2, 0.25) is 5.82 Å². The number of nitrogens with one attached hydrogen (secondary N) is 1. The number of nitrogens with zero attached hydrogens (tertiary/aromatic N) is 4. The lowest BCUT2D eigenvalue weighted by Gasteiger charge is -2.06. The Kier molecular flexibility index (Phi) is 5.77. The molecule has 0 saturated carbocycles. The first-order valence-electron chi connectivity index (χ1n) is 8.05. The molecule has 0 spiro atoms. The van der Waals surface area contributed by atoms with Crippen LogP contribution in [0.1, 0.15) is 5.56 Å². The minimum Gasteiger partial charge on any atom is -0.454 e. The Hall–Kier alpha value is -3.26.